The van der Waals surface area contributed by atoms with Crippen molar-refractivity contribution in [3.8, 4) is 0 Å². The fraction of sp³-hybridized carbons (Fsp3) is 0.421. The van der Waals surface area contributed by atoms with E-state index in [1.54, 1.807) is 0 Å². The number of carbonyl (C=O) groups is 1. The largest absolute Gasteiger partial charge is 0.352 e. The molecule has 3 heteroatoms. The van der Waals surface area contributed by atoms with Crippen molar-refractivity contribution in [3.63, 3.8) is 0 Å². The smallest absolute Gasteiger partial charge is 0.224 e. The number of benzene rings is 2. The molecule has 0 spiro atoms. The minimum Gasteiger partial charge on any atom is -0.352 e. The van der Waals surface area contributed by atoms with E-state index < -0.39 is 0 Å². The van der Waals surface area contributed by atoms with Crippen molar-refractivity contribution in [3.05, 3.63) is 48.0 Å². The molecule has 2 aliphatic rings. The quantitative estimate of drug-likeness (QED) is 0.914. The van der Waals surface area contributed by atoms with E-state index in [0.717, 1.165) is 32.4 Å². The van der Waals surface area contributed by atoms with Gasteiger partial charge >= 0.3 is 0 Å². The van der Waals surface area contributed by atoms with Crippen LogP contribution in [0, 0.1) is 5.92 Å². The summed E-state index contributed by atoms with van der Waals surface area (Å²) in [5.41, 5.74) is 1.31. The third-order valence-electron chi connectivity index (χ3n) is 4.97. The van der Waals surface area contributed by atoms with E-state index in [0.29, 0.717) is 12.0 Å². The third kappa shape index (κ3) is 2.73. The maximum absolute atomic E-state index is 12.4. The molecule has 2 aromatic rings. The van der Waals surface area contributed by atoms with Gasteiger partial charge in [0.1, 0.15) is 0 Å². The summed E-state index contributed by atoms with van der Waals surface area (Å²) in [6.07, 6.45) is 3.25. The van der Waals surface area contributed by atoms with Gasteiger partial charge in [-0.1, -0.05) is 42.5 Å². The fourth-order valence-electron chi connectivity index (χ4n) is 3.57. The van der Waals surface area contributed by atoms with Gasteiger partial charge in [-0.25, -0.2) is 0 Å². The average Bonchev–Trinajstić information content (AvgIpc) is 3.36. The lowest BCUT2D eigenvalue weighted by molar-refractivity contribution is -0.123. The molecule has 0 bridgehead atoms. The Bertz CT molecular complexity index is 691. The molecule has 1 aliphatic heterocycles. The molecule has 22 heavy (non-hydrogen) atoms. The first-order valence-electron chi connectivity index (χ1n) is 8.31. The van der Waals surface area contributed by atoms with Crippen LogP contribution in [0.2, 0.25) is 0 Å². The first kappa shape index (κ1) is 13.8. The van der Waals surface area contributed by atoms with E-state index in [4.69, 9.17) is 0 Å². The van der Waals surface area contributed by atoms with Crippen LogP contribution in [0.15, 0.2) is 42.5 Å². The summed E-state index contributed by atoms with van der Waals surface area (Å²) in [4.78, 5) is 12.4. The number of carbonyl (C=O) groups excluding carboxylic acids is 1. The summed E-state index contributed by atoms with van der Waals surface area (Å²) in [7, 11) is 0. The molecular weight excluding hydrogens is 272 g/mol. The van der Waals surface area contributed by atoms with Crippen LogP contribution >= 0.6 is 0 Å². The van der Waals surface area contributed by atoms with E-state index in [2.05, 4.69) is 53.1 Å². The SMILES string of the molecule is O=C(N[C@H]1CCCNC1)C1CC1c1ccc2ccccc2c1. The van der Waals surface area contributed by atoms with Crippen molar-refractivity contribution in [2.24, 2.45) is 5.92 Å². The summed E-state index contributed by atoms with van der Waals surface area (Å²) in [5.74, 6) is 0.816. The maximum atomic E-state index is 12.4. The second-order valence-electron chi connectivity index (χ2n) is 6.61. The highest BCUT2D eigenvalue weighted by molar-refractivity contribution is 5.86. The zero-order valence-corrected chi connectivity index (χ0v) is 12.7. The summed E-state index contributed by atoms with van der Waals surface area (Å²) in [5, 5.41) is 9.10. The van der Waals surface area contributed by atoms with Crippen LogP contribution in [0.4, 0.5) is 0 Å². The van der Waals surface area contributed by atoms with E-state index in [-0.39, 0.29) is 11.8 Å². The van der Waals surface area contributed by atoms with E-state index in [1.807, 2.05) is 0 Å². The van der Waals surface area contributed by atoms with Crippen LogP contribution < -0.4 is 10.6 Å². The Morgan fingerprint density at radius 2 is 2.00 bits per heavy atom. The first-order chi connectivity index (χ1) is 10.8. The zero-order valence-electron chi connectivity index (χ0n) is 12.7. The van der Waals surface area contributed by atoms with Crippen LogP contribution in [0.5, 0.6) is 0 Å². The molecule has 0 radical (unpaired) electrons. The Balaban J connectivity index is 1.42. The summed E-state index contributed by atoms with van der Waals surface area (Å²) >= 11 is 0. The molecule has 1 heterocycles. The van der Waals surface area contributed by atoms with Crippen LogP contribution in [-0.4, -0.2) is 25.0 Å². The molecule has 2 fully saturated rings. The number of piperidine rings is 1. The Morgan fingerprint density at radius 3 is 2.82 bits per heavy atom. The average molecular weight is 294 g/mol. The minimum absolute atomic E-state index is 0.170. The molecule has 4 rings (SSSR count). The molecule has 1 saturated heterocycles. The molecule has 114 valence electrons. The molecular formula is C19H22N2O. The number of rotatable bonds is 3. The van der Waals surface area contributed by atoms with Gasteiger partial charge in [-0.3, -0.25) is 4.79 Å². The van der Waals surface area contributed by atoms with Crippen molar-refractivity contribution in [1.29, 1.82) is 0 Å². The van der Waals surface area contributed by atoms with Crippen molar-refractivity contribution in [1.82, 2.24) is 10.6 Å². The predicted octanol–water partition coefficient (Wildman–Crippen LogP) is 2.81. The zero-order chi connectivity index (χ0) is 14.9. The summed E-state index contributed by atoms with van der Waals surface area (Å²) < 4.78 is 0. The van der Waals surface area contributed by atoms with Gasteiger partial charge in [0, 0.05) is 18.5 Å². The molecule has 2 aromatic carbocycles. The highest BCUT2D eigenvalue weighted by Gasteiger charge is 2.44. The summed E-state index contributed by atoms with van der Waals surface area (Å²) in [6.45, 7) is 1.99. The number of hydrogen-bond acceptors (Lipinski definition) is 2. The van der Waals surface area contributed by atoms with Gasteiger partial charge in [0.15, 0.2) is 0 Å². The Labute approximate surface area is 131 Å². The van der Waals surface area contributed by atoms with Gasteiger partial charge in [0.2, 0.25) is 5.91 Å². The minimum atomic E-state index is 0.170. The van der Waals surface area contributed by atoms with Gasteiger partial charge in [-0.05, 0) is 48.1 Å². The Kier molecular flexibility index (Phi) is 3.59. The number of amides is 1. The van der Waals surface area contributed by atoms with Crippen LogP contribution in [0.25, 0.3) is 10.8 Å². The van der Waals surface area contributed by atoms with E-state index in [9.17, 15) is 4.79 Å². The molecule has 1 aliphatic carbocycles. The van der Waals surface area contributed by atoms with Gasteiger partial charge in [-0.2, -0.15) is 0 Å². The standard InChI is InChI=1S/C19H22N2O/c22-19(21-16-6-3-9-20-12-16)18-11-17(18)15-8-7-13-4-1-2-5-14(13)10-15/h1-2,4-5,7-8,10,16-18,20H,3,6,9,11-12H2,(H,21,22)/t16-,17?,18?/m0/s1. The topological polar surface area (TPSA) is 41.1 Å². The lowest BCUT2D eigenvalue weighted by atomic mass is 10.0. The molecule has 2 unspecified atom stereocenters. The lowest BCUT2D eigenvalue weighted by Gasteiger charge is -2.23. The Hall–Kier alpha value is -1.87. The second-order valence-corrected chi connectivity index (χ2v) is 6.61. The van der Waals surface area contributed by atoms with E-state index >= 15 is 0 Å². The molecule has 0 aromatic heterocycles. The first-order valence-corrected chi connectivity index (χ1v) is 8.31. The Morgan fingerprint density at radius 1 is 1.14 bits per heavy atom. The van der Waals surface area contributed by atoms with Gasteiger partial charge < -0.3 is 10.6 Å². The van der Waals surface area contributed by atoms with Gasteiger partial charge in [-0.15, -0.1) is 0 Å². The number of fused-ring (bicyclic) bond motifs is 1. The monoisotopic (exact) mass is 294 g/mol. The lowest BCUT2D eigenvalue weighted by Crippen LogP contribution is -2.46. The van der Waals surface area contributed by atoms with Crippen molar-refractivity contribution in [2.75, 3.05) is 13.1 Å². The predicted molar refractivity (Wildman–Crippen MR) is 88.8 cm³/mol. The van der Waals surface area contributed by atoms with Crippen molar-refractivity contribution < 1.29 is 4.79 Å². The van der Waals surface area contributed by atoms with Gasteiger partial charge in [0.05, 0.1) is 0 Å². The molecule has 1 saturated carbocycles. The highest BCUT2D eigenvalue weighted by atomic mass is 16.2. The number of hydrogen-bond donors (Lipinski definition) is 2. The van der Waals surface area contributed by atoms with Crippen LogP contribution in [-0.2, 0) is 4.79 Å². The number of nitrogens with one attached hydrogen (secondary N) is 2. The van der Waals surface area contributed by atoms with Gasteiger partial charge in [0.25, 0.3) is 0 Å². The normalized spacial score (nSPS) is 27.5. The highest BCUT2D eigenvalue weighted by Crippen LogP contribution is 2.48. The van der Waals surface area contributed by atoms with Crippen LogP contribution in [0.1, 0.15) is 30.7 Å². The molecule has 3 atom stereocenters. The summed E-state index contributed by atoms with van der Waals surface area (Å²) in [6, 6.07) is 15.3. The maximum Gasteiger partial charge on any atom is 0.224 e. The molecule has 3 nitrogen and oxygen atoms in total. The molecule has 2 N–H and O–H groups in total. The van der Waals surface area contributed by atoms with Crippen LogP contribution in [0.3, 0.4) is 0 Å². The van der Waals surface area contributed by atoms with Crippen molar-refractivity contribution in [2.45, 2.75) is 31.2 Å². The van der Waals surface area contributed by atoms with E-state index in [1.165, 1.54) is 16.3 Å². The van der Waals surface area contributed by atoms with Crippen molar-refractivity contribution >= 4 is 16.7 Å². The molecule has 1 amide bonds. The third-order valence-corrected chi connectivity index (χ3v) is 4.97. The second kappa shape index (κ2) is 5.73. The fourth-order valence-corrected chi connectivity index (χ4v) is 3.57.